The molecular weight excluding hydrogens is 242 g/mol. The molecule has 0 unspecified atom stereocenters. The molecule has 1 aliphatic heterocycles. The number of aromatic hydroxyl groups is 2. The fraction of sp³-hybridized carbons (Fsp3) is 0.182. The van der Waals surface area contributed by atoms with Crippen LogP contribution in [0.5, 0.6) is 11.5 Å². The van der Waals surface area contributed by atoms with Gasteiger partial charge in [-0.1, -0.05) is 0 Å². The third-order valence-electron chi connectivity index (χ3n) is 2.40. The minimum Gasteiger partial charge on any atom is -0.508 e. The molecule has 0 bridgehead atoms. The van der Waals surface area contributed by atoms with Gasteiger partial charge in [0.2, 0.25) is 0 Å². The highest BCUT2D eigenvalue weighted by Gasteiger charge is 2.35. The monoisotopic (exact) mass is 251 g/mol. The maximum absolute atomic E-state index is 11.7. The number of hydrogen-bond donors (Lipinski definition) is 3. The van der Waals surface area contributed by atoms with E-state index < -0.39 is 23.9 Å². The fourth-order valence-corrected chi connectivity index (χ4v) is 1.53. The van der Waals surface area contributed by atoms with Crippen LogP contribution in [0.4, 0.5) is 0 Å². The van der Waals surface area contributed by atoms with E-state index in [9.17, 15) is 24.6 Å². The number of carbonyl (C=O) groups is 3. The van der Waals surface area contributed by atoms with Gasteiger partial charge in [-0.15, -0.1) is 0 Å². The Labute approximate surface area is 101 Å². The Balaban J connectivity index is 2.15. The van der Waals surface area contributed by atoms with E-state index in [2.05, 4.69) is 10.1 Å². The molecule has 7 nitrogen and oxygen atoms in total. The highest BCUT2D eigenvalue weighted by atomic mass is 16.6. The van der Waals surface area contributed by atoms with Gasteiger partial charge in [0, 0.05) is 0 Å². The predicted octanol–water partition coefficient (Wildman–Crippen LogP) is -0.330. The SMILES string of the molecule is O=C1C[C@H](NC(=O)c2cc(O)ccc2O)C(=O)O1. The number of ether oxygens (including phenoxy) is 1. The number of amides is 1. The lowest BCUT2D eigenvalue weighted by atomic mass is 10.1. The lowest BCUT2D eigenvalue weighted by Crippen LogP contribution is -2.37. The molecule has 18 heavy (non-hydrogen) atoms. The Morgan fingerprint density at radius 3 is 2.67 bits per heavy atom. The van der Waals surface area contributed by atoms with Gasteiger partial charge in [-0.2, -0.15) is 0 Å². The minimum atomic E-state index is -1.06. The van der Waals surface area contributed by atoms with Gasteiger partial charge in [0.25, 0.3) is 5.91 Å². The molecule has 0 aliphatic carbocycles. The van der Waals surface area contributed by atoms with Crippen molar-refractivity contribution < 1.29 is 29.3 Å². The largest absolute Gasteiger partial charge is 0.508 e. The quantitative estimate of drug-likeness (QED) is 0.377. The molecule has 1 aromatic carbocycles. The molecule has 3 N–H and O–H groups in total. The molecule has 2 rings (SSSR count). The summed E-state index contributed by atoms with van der Waals surface area (Å²) in [7, 11) is 0. The molecule has 1 fully saturated rings. The molecule has 1 amide bonds. The molecule has 7 heteroatoms. The van der Waals surface area contributed by atoms with Crippen LogP contribution in [0.25, 0.3) is 0 Å². The molecule has 1 heterocycles. The van der Waals surface area contributed by atoms with Crippen molar-refractivity contribution in [3.63, 3.8) is 0 Å². The van der Waals surface area contributed by atoms with Gasteiger partial charge in [0.1, 0.15) is 17.5 Å². The summed E-state index contributed by atoms with van der Waals surface area (Å²) in [6.07, 6.45) is -0.246. The number of phenolic OH excluding ortho intramolecular Hbond substituents is 2. The summed E-state index contributed by atoms with van der Waals surface area (Å²) in [5.41, 5.74) is -0.192. The number of benzene rings is 1. The van der Waals surface area contributed by atoms with Crippen LogP contribution in [-0.2, 0) is 14.3 Å². The Morgan fingerprint density at radius 1 is 1.33 bits per heavy atom. The number of phenols is 2. The standard InChI is InChI=1S/C11H9NO6/c13-5-1-2-8(14)6(3-5)10(16)12-7-4-9(15)18-11(7)17/h1-3,7,13-14H,4H2,(H,12,16)/t7-/m0/s1. The second kappa shape index (κ2) is 4.36. The van der Waals surface area contributed by atoms with Crippen molar-refractivity contribution in [2.75, 3.05) is 0 Å². The molecule has 0 spiro atoms. The molecule has 1 aromatic rings. The summed E-state index contributed by atoms with van der Waals surface area (Å²) in [5.74, 6) is -2.88. The van der Waals surface area contributed by atoms with Crippen LogP contribution in [0.1, 0.15) is 16.8 Å². The van der Waals surface area contributed by atoms with Crippen LogP contribution in [0, 0.1) is 0 Å². The second-order valence-corrected chi connectivity index (χ2v) is 3.72. The Kier molecular flexibility index (Phi) is 2.88. The maximum Gasteiger partial charge on any atom is 0.336 e. The van der Waals surface area contributed by atoms with Crippen LogP contribution < -0.4 is 5.32 Å². The Morgan fingerprint density at radius 2 is 2.06 bits per heavy atom. The minimum absolute atomic E-state index is 0.192. The lowest BCUT2D eigenvalue weighted by Gasteiger charge is -2.09. The zero-order chi connectivity index (χ0) is 13.3. The molecule has 1 aliphatic rings. The average Bonchev–Trinajstić information content (AvgIpc) is 2.61. The Hall–Kier alpha value is -2.57. The van der Waals surface area contributed by atoms with Gasteiger partial charge in [0.05, 0.1) is 12.0 Å². The normalized spacial score (nSPS) is 18.6. The van der Waals surface area contributed by atoms with Crippen molar-refractivity contribution in [1.29, 1.82) is 0 Å². The van der Waals surface area contributed by atoms with Crippen LogP contribution in [0.2, 0.25) is 0 Å². The van der Waals surface area contributed by atoms with Gasteiger partial charge in [0.15, 0.2) is 0 Å². The highest BCUT2D eigenvalue weighted by molar-refractivity contribution is 6.03. The first kappa shape index (κ1) is 11.9. The second-order valence-electron chi connectivity index (χ2n) is 3.72. The van der Waals surface area contributed by atoms with Crippen LogP contribution >= 0.6 is 0 Å². The topological polar surface area (TPSA) is 113 Å². The number of hydrogen-bond acceptors (Lipinski definition) is 6. The third kappa shape index (κ3) is 2.24. The molecule has 0 radical (unpaired) electrons. The zero-order valence-electron chi connectivity index (χ0n) is 9.04. The first-order valence-electron chi connectivity index (χ1n) is 5.05. The van der Waals surface area contributed by atoms with E-state index in [-0.39, 0.29) is 23.5 Å². The highest BCUT2D eigenvalue weighted by Crippen LogP contribution is 2.22. The smallest absolute Gasteiger partial charge is 0.336 e. The molecular formula is C11H9NO6. The van der Waals surface area contributed by atoms with Gasteiger partial charge >= 0.3 is 11.9 Å². The van der Waals surface area contributed by atoms with E-state index >= 15 is 0 Å². The molecule has 0 aromatic heterocycles. The molecule has 1 saturated heterocycles. The maximum atomic E-state index is 11.7. The van der Waals surface area contributed by atoms with Crippen LogP contribution in [0.3, 0.4) is 0 Å². The van der Waals surface area contributed by atoms with Crippen molar-refractivity contribution >= 4 is 17.8 Å². The van der Waals surface area contributed by atoms with Crippen molar-refractivity contribution in [2.45, 2.75) is 12.5 Å². The van der Waals surface area contributed by atoms with Crippen LogP contribution in [0.15, 0.2) is 18.2 Å². The van der Waals surface area contributed by atoms with Gasteiger partial charge < -0.3 is 20.3 Å². The summed E-state index contributed by atoms with van der Waals surface area (Å²) in [6, 6.07) is 2.33. The average molecular weight is 251 g/mol. The number of nitrogens with one attached hydrogen (secondary N) is 1. The van der Waals surface area contributed by atoms with Gasteiger partial charge in [-0.25, -0.2) is 4.79 Å². The molecule has 0 saturated carbocycles. The number of cyclic esters (lactones) is 2. The van der Waals surface area contributed by atoms with E-state index in [1.807, 2.05) is 0 Å². The summed E-state index contributed by atoms with van der Waals surface area (Å²) in [6.45, 7) is 0. The molecule has 1 atom stereocenters. The number of carbonyl (C=O) groups excluding carboxylic acids is 3. The summed E-state index contributed by atoms with van der Waals surface area (Å²) in [5, 5.41) is 20.9. The van der Waals surface area contributed by atoms with Crippen molar-refractivity contribution in [2.24, 2.45) is 0 Å². The Bertz CT molecular complexity index is 538. The van der Waals surface area contributed by atoms with Crippen molar-refractivity contribution in [3.05, 3.63) is 23.8 Å². The van der Waals surface area contributed by atoms with Gasteiger partial charge in [-0.3, -0.25) is 9.59 Å². The first-order chi connectivity index (χ1) is 8.47. The van der Waals surface area contributed by atoms with E-state index in [1.165, 1.54) is 6.07 Å². The third-order valence-corrected chi connectivity index (χ3v) is 2.40. The van der Waals surface area contributed by atoms with E-state index in [0.29, 0.717) is 0 Å². The molecule has 94 valence electrons. The number of rotatable bonds is 2. The van der Waals surface area contributed by atoms with Crippen LogP contribution in [-0.4, -0.2) is 34.1 Å². The van der Waals surface area contributed by atoms with E-state index in [1.54, 1.807) is 0 Å². The summed E-state index contributed by atoms with van der Waals surface area (Å²) in [4.78, 5) is 33.7. The number of esters is 2. The first-order valence-corrected chi connectivity index (χ1v) is 5.05. The summed E-state index contributed by atoms with van der Waals surface area (Å²) < 4.78 is 4.26. The van der Waals surface area contributed by atoms with E-state index in [0.717, 1.165) is 12.1 Å². The van der Waals surface area contributed by atoms with E-state index in [4.69, 9.17) is 0 Å². The fourth-order valence-electron chi connectivity index (χ4n) is 1.53. The van der Waals surface area contributed by atoms with Crippen molar-refractivity contribution in [3.8, 4) is 11.5 Å². The zero-order valence-corrected chi connectivity index (χ0v) is 9.04. The lowest BCUT2D eigenvalue weighted by molar-refractivity contribution is -0.152. The van der Waals surface area contributed by atoms with Crippen molar-refractivity contribution in [1.82, 2.24) is 5.32 Å². The predicted molar refractivity (Wildman–Crippen MR) is 56.7 cm³/mol. The summed E-state index contributed by atoms with van der Waals surface area (Å²) >= 11 is 0. The van der Waals surface area contributed by atoms with Gasteiger partial charge in [-0.05, 0) is 18.2 Å².